The largest absolute Gasteiger partial charge is 0.355 e. The Hall–Kier alpha value is -0.240. The molecule has 11 heavy (non-hydrogen) atoms. The van der Waals surface area contributed by atoms with E-state index in [4.69, 9.17) is 11.6 Å². The Labute approximate surface area is 73.3 Å². The lowest BCUT2D eigenvalue weighted by Gasteiger charge is -2.00. The first kappa shape index (κ1) is 10.8. The Morgan fingerprint density at radius 3 is 2.73 bits per heavy atom. The Kier molecular flexibility index (Phi) is 7.69. The zero-order valence-electron chi connectivity index (χ0n) is 7.03. The molecule has 0 aliphatic carbocycles. The molecule has 0 aromatic heterocycles. The van der Waals surface area contributed by atoms with Crippen LogP contribution in [0, 0.1) is 0 Å². The fourth-order valence-electron chi connectivity index (χ4n) is 0.811. The summed E-state index contributed by atoms with van der Waals surface area (Å²) in [7, 11) is 0. The number of carbonyl (C=O) groups excluding carboxylic acids is 1. The summed E-state index contributed by atoms with van der Waals surface area (Å²) in [5, 5.41) is 2.72. The molecule has 0 atom stereocenters. The SMILES string of the molecule is CCCCCC(=O)NCCCl. The van der Waals surface area contributed by atoms with E-state index < -0.39 is 0 Å². The Morgan fingerprint density at radius 2 is 2.18 bits per heavy atom. The number of hydrogen-bond donors (Lipinski definition) is 1. The summed E-state index contributed by atoms with van der Waals surface area (Å²) in [4.78, 5) is 10.9. The van der Waals surface area contributed by atoms with Gasteiger partial charge in [-0.2, -0.15) is 0 Å². The molecule has 0 heterocycles. The molecule has 0 bridgehead atoms. The summed E-state index contributed by atoms with van der Waals surface area (Å²) < 4.78 is 0. The predicted octanol–water partition coefficient (Wildman–Crippen LogP) is 1.92. The van der Waals surface area contributed by atoms with Gasteiger partial charge in [-0.15, -0.1) is 11.6 Å². The van der Waals surface area contributed by atoms with Crippen molar-refractivity contribution in [3.05, 3.63) is 0 Å². The van der Waals surface area contributed by atoms with Crippen molar-refractivity contribution >= 4 is 17.5 Å². The summed E-state index contributed by atoms with van der Waals surface area (Å²) in [6.07, 6.45) is 3.92. The summed E-state index contributed by atoms with van der Waals surface area (Å²) in [5.41, 5.74) is 0. The van der Waals surface area contributed by atoms with E-state index in [9.17, 15) is 4.79 Å². The molecule has 0 aromatic carbocycles. The zero-order chi connectivity index (χ0) is 8.53. The van der Waals surface area contributed by atoms with E-state index in [1.807, 2.05) is 0 Å². The van der Waals surface area contributed by atoms with E-state index in [0.29, 0.717) is 18.8 Å². The summed E-state index contributed by atoms with van der Waals surface area (Å²) in [6, 6.07) is 0. The van der Waals surface area contributed by atoms with Crippen molar-refractivity contribution in [2.24, 2.45) is 0 Å². The lowest BCUT2D eigenvalue weighted by atomic mass is 10.2. The van der Waals surface area contributed by atoms with Gasteiger partial charge in [-0.3, -0.25) is 4.79 Å². The van der Waals surface area contributed by atoms with E-state index in [0.717, 1.165) is 19.3 Å². The Balaban J connectivity index is 3.09. The second kappa shape index (κ2) is 7.86. The molecule has 0 unspecified atom stereocenters. The van der Waals surface area contributed by atoms with Crippen LogP contribution < -0.4 is 5.32 Å². The van der Waals surface area contributed by atoms with Crippen LogP contribution in [0.5, 0.6) is 0 Å². The van der Waals surface area contributed by atoms with E-state index in [1.165, 1.54) is 0 Å². The van der Waals surface area contributed by atoms with Crippen LogP contribution in [-0.2, 0) is 4.79 Å². The molecule has 0 saturated heterocycles. The lowest BCUT2D eigenvalue weighted by molar-refractivity contribution is -0.121. The normalized spacial score (nSPS) is 9.64. The van der Waals surface area contributed by atoms with Gasteiger partial charge in [0, 0.05) is 18.8 Å². The fraction of sp³-hybridized carbons (Fsp3) is 0.875. The van der Waals surface area contributed by atoms with Crippen LogP contribution in [0.25, 0.3) is 0 Å². The van der Waals surface area contributed by atoms with Gasteiger partial charge < -0.3 is 5.32 Å². The molecule has 3 heteroatoms. The Bertz CT molecular complexity index is 106. The van der Waals surface area contributed by atoms with E-state index in [-0.39, 0.29) is 5.91 Å². The third kappa shape index (κ3) is 7.66. The fourth-order valence-corrected chi connectivity index (χ4v) is 0.905. The topological polar surface area (TPSA) is 29.1 Å². The van der Waals surface area contributed by atoms with Gasteiger partial charge in [-0.1, -0.05) is 19.8 Å². The third-order valence-electron chi connectivity index (χ3n) is 1.42. The summed E-state index contributed by atoms with van der Waals surface area (Å²) >= 11 is 5.39. The van der Waals surface area contributed by atoms with Crippen LogP contribution in [0.15, 0.2) is 0 Å². The molecule has 0 fully saturated rings. The molecule has 0 radical (unpaired) electrons. The van der Waals surface area contributed by atoms with Gasteiger partial charge >= 0.3 is 0 Å². The number of halogens is 1. The predicted molar refractivity (Wildman–Crippen MR) is 47.9 cm³/mol. The van der Waals surface area contributed by atoms with Gasteiger partial charge in [0.2, 0.25) is 5.91 Å². The second-order valence-electron chi connectivity index (χ2n) is 2.50. The third-order valence-corrected chi connectivity index (χ3v) is 1.61. The smallest absolute Gasteiger partial charge is 0.220 e. The van der Waals surface area contributed by atoms with Gasteiger partial charge in [-0.25, -0.2) is 0 Å². The van der Waals surface area contributed by atoms with E-state index in [2.05, 4.69) is 12.2 Å². The van der Waals surface area contributed by atoms with Crippen LogP contribution in [0.3, 0.4) is 0 Å². The van der Waals surface area contributed by atoms with Gasteiger partial charge in [0.1, 0.15) is 0 Å². The maximum absolute atomic E-state index is 10.9. The van der Waals surface area contributed by atoms with Crippen molar-refractivity contribution in [3.63, 3.8) is 0 Å². The highest BCUT2D eigenvalue weighted by Gasteiger charge is 1.97. The minimum absolute atomic E-state index is 0.124. The number of nitrogens with one attached hydrogen (secondary N) is 1. The van der Waals surface area contributed by atoms with Crippen LogP contribution in [0.2, 0.25) is 0 Å². The van der Waals surface area contributed by atoms with Crippen molar-refractivity contribution in [3.8, 4) is 0 Å². The minimum Gasteiger partial charge on any atom is -0.355 e. The first-order valence-electron chi connectivity index (χ1n) is 4.14. The summed E-state index contributed by atoms with van der Waals surface area (Å²) in [6.45, 7) is 2.71. The van der Waals surface area contributed by atoms with E-state index in [1.54, 1.807) is 0 Å². The molecular weight excluding hydrogens is 162 g/mol. The number of amides is 1. The molecule has 0 aromatic rings. The number of carbonyl (C=O) groups is 1. The van der Waals surface area contributed by atoms with Crippen molar-refractivity contribution in [2.45, 2.75) is 32.6 Å². The van der Waals surface area contributed by atoms with Crippen molar-refractivity contribution in [1.82, 2.24) is 5.32 Å². The highest BCUT2D eigenvalue weighted by atomic mass is 35.5. The monoisotopic (exact) mass is 177 g/mol. The van der Waals surface area contributed by atoms with Crippen molar-refractivity contribution in [2.75, 3.05) is 12.4 Å². The van der Waals surface area contributed by atoms with Gasteiger partial charge in [0.15, 0.2) is 0 Å². The first-order chi connectivity index (χ1) is 5.31. The zero-order valence-corrected chi connectivity index (χ0v) is 7.78. The molecule has 1 amide bonds. The van der Waals surface area contributed by atoms with E-state index >= 15 is 0 Å². The summed E-state index contributed by atoms with van der Waals surface area (Å²) in [5.74, 6) is 0.624. The van der Waals surface area contributed by atoms with Crippen LogP contribution >= 0.6 is 11.6 Å². The lowest BCUT2D eigenvalue weighted by Crippen LogP contribution is -2.24. The quantitative estimate of drug-likeness (QED) is 0.488. The molecule has 0 aliphatic heterocycles. The van der Waals surface area contributed by atoms with Crippen LogP contribution in [-0.4, -0.2) is 18.3 Å². The highest BCUT2D eigenvalue weighted by molar-refractivity contribution is 6.18. The number of unbranched alkanes of at least 4 members (excludes halogenated alkanes) is 2. The standard InChI is InChI=1S/C8H16ClNO/c1-2-3-4-5-8(11)10-7-6-9/h2-7H2,1H3,(H,10,11). The molecule has 0 rings (SSSR count). The van der Waals surface area contributed by atoms with Gasteiger partial charge in [0.05, 0.1) is 0 Å². The maximum Gasteiger partial charge on any atom is 0.220 e. The Morgan fingerprint density at radius 1 is 1.45 bits per heavy atom. The molecule has 0 spiro atoms. The van der Waals surface area contributed by atoms with Crippen molar-refractivity contribution < 1.29 is 4.79 Å². The van der Waals surface area contributed by atoms with Crippen LogP contribution in [0.1, 0.15) is 32.6 Å². The molecule has 1 N–H and O–H groups in total. The average Bonchev–Trinajstić information content (AvgIpc) is 2.01. The number of hydrogen-bond acceptors (Lipinski definition) is 1. The molecular formula is C8H16ClNO. The molecule has 2 nitrogen and oxygen atoms in total. The van der Waals surface area contributed by atoms with Crippen molar-refractivity contribution in [1.29, 1.82) is 0 Å². The minimum atomic E-state index is 0.124. The molecule has 0 aliphatic rings. The maximum atomic E-state index is 10.9. The first-order valence-corrected chi connectivity index (χ1v) is 4.67. The van der Waals surface area contributed by atoms with Crippen LogP contribution in [0.4, 0.5) is 0 Å². The molecule has 0 saturated carbocycles. The highest BCUT2D eigenvalue weighted by Crippen LogP contribution is 1.97. The number of rotatable bonds is 6. The average molecular weight is 178 g/mol. The molecule has 66 valence electrons. The second-order valence-corrected chi connectivity index (χ2v) is 2.87. The number of alkyl halides is 1. The van der Waals surface area contributed by atoms with Gasteiger partial charge in [-0.05, 0) is 6.42 Å². The van der Waals surface area contributed by atoms with Gasteiger partial charge in [0.25, 0.3) is 0 Å².